The maximum absolute atomic E-state index is 11.6. The van der Waals surface area contributed by atoms with Crippen LogP contribution in [-0.2, 0) is 0 Å². The van der Waals surface area contributed by atoms with Gasteiger partial charge in [-0.1, -0.05) is 6.07 Å². The minimum atomic E-state index is -0.701. The van der Waals surface area contributed by atoms with Gasteiger partial charge in [0.15, 0.2) is 0 Å². The van der Waals surface area contributed by atoms with E-state index in [-0.39, 0.29) is 11.1 Å². The maximum atomic E-state index is 11.6. The van der Waals surface area contributed by atoms with Crippen molar-refractivity contribution in [2.45, 2.75) is 0 Å². The van der Waals surface area contributed by atoms with E-state index in [1.54, 1.807) is 24.4 Å². The molecule has 2 heterocycles. The Morgan fingerprint density at radius 3 is 2.71 bits per heavy atom. The Labute approximate surface area is 79.6 Å². The zero-order valence-electron chi connectivity index (χ0n) is 7.31. The van der Waals surface area contributed by atoms with Crippen molar-refractivity contribution in [1.29, 1.82) is 0 Å². The topological polar surface area (TPSA) is 64.6 Å². The third kappa shape index (κ3) is 1.17. The highest BCUT2D eigenvalue weighted by Crippen LogP contribution is 2.00. The van der Waals surface area contributed by atoms with E-state index in [0.29, 0.717) is 0 Å². The number of rotatable bonds is 1. The molecule has 0 unspecified atom stereocenters. The molecular formula is C10H8N2O2. The molecule has 0 atom stereocenters. The van der Waals surface area contributed by atoms with Gasteiger partial charge in [-0.3, -0.25) is 14.0 Å². The van der Waals surface area contributed by atoms with Crippen molar-refractivity contribution in [2.75, 3.05) is 0 Å². The van der Waals surface area contributed by atoms with Crippen molar-refractivity contribution in [3.8, 4) is 0 Å². The number of hydrogen-bond acceptors (Lipinski definition) is 2. The fraction of sp³-hybridized carbons (Fsp3) is 0. The number of nitrogens with zero attached hydrogens (tertiary/aromatic N) is 1. The minimum absolute atomic E-state index is 0.00806. The highest BCUT2D eigenvalue weighted by atomic mass is 16.2. The number of aromatic nitrogens is 1. The van der Waals surface area contributed by atoms with Crippen molar-refractivity contribution in [3.05, 3.63) is 52.4 Å². The first-order valence-electron chi connectivity index (χ1n) is 4.10. The van der Waals surface area contributed by atoms with Crippen LogP contribution in [0.2, 0.25) is 0 Å². The predicted octanol–water partition coefficient (Wildman–Crippen LogP) is 0.398. The van der Waals surface area contributed by atoms with Crippen LogP contribution in [0.5, 0.6) is 0 Å². The summed E-state index contributed by atoms with van der Waals surface area (Å²) in [7, 11) is 0. The van der Waals surface area contributed by atoms with Gasteiger partial charge in [-0.05, 0) is 24.3 Å². The lowest BCUT2D eigenvalue weighted by Crippen LogP contribution is -2.25. The molecule has 0 aliphatic rings. The second-order valence-corrected chi connectivity index (χ2v) is 2.91. The SMILES string of the molecule is NC(=O)c1ccc2ccccn2c1=O. The molecule has 0 aliphatic carbocycles. The van der Waals surface area contributed by atoms with Gasteiger partial charge in [0.1, 0.15) is 5.56 Å². The summed E-state index contributed by atoms with van der Waals surface area (Å²) in [6, 6.07) is 8.45. The van der Waals surface area contributed by atoms with Gasteiger partial charge >= 0.3 is 0 Å². The summed E-state index contributed by atoms with van der Waals surface area (Å²) in [5, 5.41) is 0. The van der Waals surface area contributed by atoms with Crippen LogP contribution in [0.1, 0.15) is 10.4 Å². The molecule has 0 aliphatic heterocycles. The van der Waals surface area contributed by atoms with Gasteiger partial charge in [0.25, 0.3) is 11.5 Å². The van der Waals surface area contributed by atoms with Crippen molar-refractivity contribution in [2.24, 2.45) is 5.73 Å². The number of amides is 1. The molecule has 2 aromatic heterocycles. The Morgan fingerprint density at radius 1 is 1.21 bits per heavy atom. The van der Waals surface area contributed by atoms with Gasteiger partial charge in [0.2, 0.25) is 0 Å². The van der Waals surface area contributed by atoms with E-state index in [9.17, 15) is 9.59 Å². The fourth-order valence-corrected chi connectivity index (χ4v) is 1.33. The Bertz CT molecular complexity index is 557. The average Bonchev–Trinajstić information content (AvgIpc) is 2.18. The fourth-order valence-electron chi connectivity index (χ4n) is 1.33. The van der Waals surface area contributed by atoms with Crippen LogP contribution in [0.3, 0.4) is 0 Å². The molecule has 0 bridgehead atoms. The van der Waals surface area contributed by atoms with Gasteiger partial charge in [0.05, 0.1) is 0 Å². The summed E-state index contributed by atoms with van der Waals surface area (Å²) >= 11 is 0. The number of carbonyl (C=O) groups is 1. The van der Waals surface area contributed by atoms with Crippen LogP contribution < -0.4 is 11.3 Å². The molecular weight excluding hydrogens is 180 g/mol. The third-order valence-electron chi connectivity index (χ3n) is 2.03. The smallest absolute Gasteiger partial charge is 0.267 e. The zero-order valence-corrected chi connectivity index (χ0v) is 7.31. The van der Waals surface area contributed by atoms with Crippen LogP contribution in [0, 0.1) is 0 Å². The molecule has 0 saturated heterocycles. The molecule has 14 heavy (non-hydrogen) atoms. The Morgan fingerprint density at radius 2 is 2.00 bits per heavy atom. The first kappa shape index (κ1) is 8.50. The van der Waals surface area contributed by atoms with Crippen molar-refractivity contribution >= 4 is 11.4 Å². The quantitative estimate of drug-likeness (QED) is 0.703. The molecule has 2 N–H and O–H groups in total. The molecule has 0 spiro atoms. The Kier molecular flexibility index (Phi) is 1.81. The van der Waals surface area contributed by atoms with Crippen LogP contribution in [-0.4, -0.2) is 10.3 Å². The largest absolute Gasteiger partial charge is 0.365 e. The number of pyridine rings is 2. The summed E-state index contributed by atoms with van der Waals surface area (Å²) in [6.45, 7) is 0. The van der Waals surface area contributed by atoms with Gasteiger partial charge in [-0.25, -0.2) is 0 Å². The third-order valence-corrected chi connectivity index (χ3v) is 2.03. The molecule has 4 nitrogen and oxygen atoms in total. The van der Waals surface area contributed by atoms with Crippen LogP contribution in [0.25, 0.3) is 5.52 Å². The molecule has 0 aromatic carbocycles. The van der Waals surface area contributed by atoms with Gasteiger partial charge in [0, 0.05) is 11.7 Å². The first-order valence-corrected chi connectivity index (χ1v) is 4.10. The molecule has 0 saturated carbocycles. The summed E-state index contributed by atoms with van der Waals surface area (Å²) in [5.41, 5.74) is 5.42. The molecule has 4 heteroatoms. The average molecular weight is 188 g/mol. The number of hydrogen-bond donors (Lipinski definition) is 1. The maximum Gasteiger partial charge on any atom is 0.267 e. The van der Waals surface area contributed by atoms with Crippen LogP contribution >= 0.6 is 0 Å². The van der Waals surface area contributed by atoms with E-state index >= 15 is 0 Å². The normalized spacial score (nSPS) is 10.3. The van der Waals surface area contributed by atoms with Gasteiger partial charge in [-0.15, -0.1) is 0 Å². The van der Waals surface area contributed by atoms with Crippen molar-refractivity contribution in [1.82, 2.24) is 4.40 Å². The van der Waals surface area contributed by atoms with Crippen molar-refractivity contribution < 1.29 is 4.79 Å². The summed E-state index contributed by atoms with van der Waals surface area (Å²) < 4.78 is 1.39. The Balaban J connectivity index is 2.89. The number of primary amides is 1. The van der Waals surface area contributed by atoms with E-state index in [0.717, 1.165) is 5.52 Å². The van der Waals surface area contributed by atoms with E-state index in [2.05, 4.69) is 0 Å². The lowest BCUT2D eigenvalue weighted by Gasteiger charge is -2.00. The monoisotopic (exact) mass is 188 g/mol. The van der Waals surface area contributed by atoms with Gasteiger partial charge in [-0.2, -0.15) is 0 Å². The minimum Gasteiger partial charge on any atom is -0.365 e. The van der Waals surface area contributed by atoms with Crippen LogP contribution in [0.15, 0.2) is 41.3 Å². The van der Waals surface area contributed by atoms with E-state index in [1.807, 2.05) is 6.07 Å². The molecule has 70 valence electrons. The number of carbonyl (C=O) groups excluding carboxylic acids is 1. The lowest BCUT2D eigenvalue weighted by molar-refractivity contribution is 0.0999. The van der Waals surface area contributed by atoms with Crippen LogP contribution in [0.4, 0.5) is 0 Å². The summed E-state index contributed by atoms with van der Waals surface area (Å²) in [4.78, 5) is 22.5. The lowest BCUT2D eigenvalue weighted by atomic mass is 10.2. The van der Waals surface area contributed by atoms with E-state index in [1.165, 1.54) is 10.5 Å². The first-order chi connectivity index (χ1) is 6.70. The molecule has 2 aromatic rings. The zero-order chi connectivity index (χ0) is 10.1. The van der Waals surface area contributed by atoms with E-state index < -0.39 is 5.91 Å². The van der Waals surface area contributed by atoms with Crippen molar-refractivity contribution in [3.63, 3.8) is 0 Å². The van der Waals surface area contributed by atoms with E-state index in [4.69, 9.17) is 5.73 Å². The molecule has 1 amide bonds. The highest BCUT2D eigenvalue weighted by molar-refractivity contribution is 5.92. The molecule has 0 fully saturated rings. The molecule has 2 rings (SSSR count). The summed E-state index contributed by atoms with van der Waals surface area (Å²) in [5.74, 6) is -0.701. The summed E-state index contributed by atoms with van der Waals surface area (Å²) in [6.07, 6.45) is 1.60. The predicted molar refractivity (Wildman–Crippen MR) is 52.2 cm³/mol. The second-order valence-electron chi connectivity index (χ2n) is 2.91. The standard InChI is InChI=1S/C10H8N2O2/c11-9(13)8-5-4-7-3-1-2-6-12(7)10(8)14/h1-6H,(H2,11,13). The highest BCUT2D eigenvalue weighted by Gasteiger charge is 2.07. The van der Waals surface area contributed by atoms with Gasteiger partial charge < -0.3 is 5.73 Å². The Hall–Kier alpha value is -2.10. The number of fused-ring (bicyclic) bond motifs is 1. The molecule has 0 radical (unpaired) electrons. The second kappa shape index (κ2) is 2.99. The number of nitrogens with two attached hydrogens (primary N) is 1.